The fourth-order valence-corrected chi connectivity index (χ4v) is 4.07. The topological polar surface area (TPSA) is 104 Å². The van der Waals surface area contributed by atoms with E-state index >= 15 is 0 Å². The molecule has 0 aromatic carbocycles. The number of anilines is 3. The van der Waals surface area contributed by atoms with Gasteiger partial charge in [0.15, 0.2) is 0 Å². The number of H-pyrrole nitrogens is 1. The Bertz CT molecular complexity index is 862. The summed E-state index contributed by atoms with van der Waals surface area (Å²) in [5, 5.41) is 0. The number of nitrogens with two attached hydrogens (primary N) is 1. The molecule has 3 N–H and O–H groups in total. The largest absolute Gasteiger partial charge is 0.384 e. The van der Waals surface area contributed by atoms with E-state index < -0.39 is 0 Å². The molecule has 8 nitrogen and oxygen atoms in total. The molecule has 1 aliphatic heterocycles. The first kappa shape index (κ1) is 15.9. The highest BCUT2D eigenvalue weighted by Crippen LogP contribution is 2.43. The molecular formula is C17H23N7O. The molecular weight excluding hydrogens is 318 g/mol. The molecule has 2 aromatic rings. The van der Waals surface area contributed by atoms with E-state index in [1.807, 2.05) is 19.0 Å². The maximum atomic E-state index is 12.5. The summed E-state index contributed by atoms with van der Waals surface area (Å²) in [6.07, 6.45) is 5.45. The molecule has 1 unspecified atom stereocenters. The first-order valence-corrected chi connectivity index (χ1v) is 8.63. The quantitative estimate of drug-likeness (QED) is 0.828. The van der Waals surface area contributed by atoms with Crippen molar-refractivity contribution in [3.05, 3.63) is 33.9 Å². The zero-order valence-electron chi connectivity index (χ0n) is 14.6. The predicted molar refractivity (Wildman–Crippen MR) is 97.1 cm³/mol. The van der Waals surface area contributed by atoms with Crippen molar-refractivity contribution in [2.45, 2.75) is 31.1 Å². The maximum Gasteiger partial charge on any atom is 0.255 e. The smallest absolute Gasteiger partial charge is 0.255 e. The van der Waals surface area contributed by atoms with Crippen LogP contribution in [0.3, 0.4) is 0 Å². The minimum atomic E-state index is -0.111. The number of nitrogen functional groups attached to an aromatic ring is 1. The first-order chi connectivity index (χ1) is 12.0. The lowest BCUT2D eigenvalue weighted by atomic mass is 9.77. The van der Waals surface area contributed by atoms with Gasteiger partial charge in [-0.3, -0.25) is 9.78 Å². The van der Waals surface area contributed by atoms with Crippen LogP contribution in [0.4, 0.5) is 17.7 Å². The van der Waals surface area contributed by atoms with Gasteiger partial charge in [-0.15, -0.1) is 0 Å². The Morgan fingerprint density at radius 1 is 1.32 bits per heavy atom. The van der Waals surface area contributed by atoms with Crippen LogP contribution in [0.5, 0.6) is 0 Å². The van der Waals surface area contributed by atoms with Gasteiger partial charge in [-0.05, 0) is 31.7 Å². The maximum absolute atomic E-state index is 12.5. The minimum Gasteiger partial charge on any atom is -0.384 e. The van der Waals surface area contributed by atoms with E-state index in [9.17, 15) is 4.79 Å². The number of aromatic nitrogens is 4. The third-order valence-electron chi connectivity index (χ3n) is 5.31. The molecule has 0 amide bonds. The van der Waals surface area contributed by atoms with E-state index in [-0.39, 0.29) is 11.0 Å². The number of nitrogens with zero attached hydrogens (tertiary/aromatic N) is 5. The third kappa shape index (κ3) is 2.61. The number of hydrogen-bond acceptors (Lipinski definition) is 7. The van der Waals surface area contributed by atoms with Crippen LogP contribution in [0.25, 0.3) is 0 Å². The van der Waals surface area contributed by atoms with E-state index in [0.29, 0.717) is 17.7 Å². The van der Waals surface area contributed by atoms with Crippen LogP contribution in [-0.2, 0) is 11.8 Å². The predicted octanol–water partition coefficient (Wildman–Crippen LogP) is 0.692. The van der Waals surface area contributed by atoms with Crippen LogP contribution in [0.2, 0.25) is 0 Å². The molecule has 4 rings (SSSR count). The van der Waals surface area contributed by atoms with Gasteiger partial charge in [-0.1, -0.05) is 0 Å². The molecule has 0 bridgehead atoms. The number of fused-ring (bicyclic) bond motifs is 2. The molecule has 0 saturated carbocycles. The summed E-state index contributed by atoms with van der Waals surface area (Å²) in [6, 6.07) is 1.69. The lowest BCUT2D eigenvalue weighted by molar-refractivity contribution is 0.332. The van der Waals surface area contributed by atoms with Gasteiger partial charge in [0, 0.05) is 44.4 Å². The fourth-order valence-electron chi connectivity index (χ4n) is 4.07. The van der Waals surface area contributed by atoms with Crippen LogP contribution in [0.15, 0.2) is 17.1 Å². The molecule has 132 valence electrons. The second-order valence-corrected chi connectivity index (χ2v) is 7.20. The van der Waals surface area contributed by atoms with Crippen molar-refractivity contribution in [1.29, 1.82) is 0 Å². The fraction of sp³-hybridized carbons (Fsp3) is 0.529. The summed E-state index contributed by atoms with van der Waals surface area (Å²) in [7, 11) is 3.78. The summed E-state index contributed by atoms with van der Waals surface area (Å²) in [4.78, 5) is 32.9. The van der Waals surface area contributed by atoms with Crippen LogP contribution in [0.1, 0.15) is 30.5 Å². The Kier molecular flexibility index (Phi) is 3.63. The number of piperidine rings is 1. The highest BCUT2D eigenvalue weighted by molar-refractivity contribution is 5.44. The average molecular weight is 341 g/mol. The van der Waals surface area contributed by atoms with Gasteiger partial charge in [0.2, 0.25) is 11.9 Å². The first-order valence-electron chi connectivity index (χ1n) is 8.63. The summed E-state index contributed by atoms with van der Waals surface area (Å²) in [5.74, 6) is 1.74. The van der Waals surface area contributed by atoms with Crippen LogP contribution in [0, 0.1) is 0 Å². The number of aromatic amines is 1. The van der Waals surface area contributed by atoms with E-state index in [0.717, 1.165) is 50.0 Å². The molecule has 2 aromatic heterocycles. The molecule has 25 heavy (non-hydrogen) atoms. The van der Waals surface area contributed by atoms with Gasteiger partial charge >= 0.3 is 0 Å². The lowest BCUT2D eigenvalue weighted by Gasteiger charge is -2.40. The van der Waals surface area contributed by atoms with E-state index in [4.69, 9.17) is 10.7 Å². The molecule has 1 atom stereocenters. The minimum absolute atomic E-state index is 0.0112. The number of nitrogens with one attached hydrogen (secondary N) is 1. The summed E-state index contributed by atoms with van der Waals surface area (Å²) in [5.41, 5.74) is 7.48. The molecule has 1 saturated heterocycles. The normalized spacial score (nSPS) is 22.2. The van der Waals surface area contributed by atoms with Crippen LogP contribution >= 0.6 is 0 Å². The van der Waals surface area contributed by atoms with Crippen molar-refractivity contribution in [2.75, 3.05) is 42.7 Å². The zero-order chi connectivity index (χ0) is 17.6. The zero-order valence-corrected chi connectivity index (χ0v) is 14.6. The summed E-state index contributed by atoms with van der Waals surface area (Å²) in [6.45, 7) is 1.66. The van der Waals surface area contributed by atoms with Gasteiger partial charge in [-0.25, -0.2) is 9.97 Å². The Balaban J connectivity index is 1.73. The number of rotatable bonds is 2. The Morgan fingerprint density at radius 3 is 2.92 bits per heavy atom. The average Bonchev–Trinajstić information content (AvgIpc) is 2.93. The van der Waals surface area contributed by atoms with Crippen molar-refractivity contribution in [1.82, 2.24) is 19.9 Å². The second-order valence-electron chi connectivity index (χ2n) is 7.20. The van der Waals surface area contributed by atoms with Gasteiger partial charge in [0.1, 0.15) is 5.82 Å². The third-order valence-corrected chi connectivity index (χ3v) is 5.31. The van der Waals surface area contributed by atoms with Gasteiger partial charge < -0.3 is 15.5 Å². The van der Waals surface area contributed by atoms with Crippen molar-refractivity contribution in [2.24, 2.45) is 0 Å². The van der Waals surface area contributed by atoms with Crippen LogP contribution < -0.4 is 21.1 Å². The summed E-state index contributed by atoms with van der Waals surface area (Å²) < 4.78 is 0. The van der Waals surface area contributed by atoms with Crippen molar-refractivity contribution in [3.63, 3.8) is 0 Å². The van der Waals surface area contributed by atoms with Crippen molar-refractivity contribution < 1.29 is 0 Å². The molecule has 1 spiro atoms. The molecule has 2 aliphatic rings. The lowest BCUT2D eigenvalue weighted by Crippen LogP contribution is -2.46. The molecule has 0 radical (unpaired) electrons. The van der Waals surface area contributed by atoms with Crippen molar-refractivity contribution >= 4 is 17.7 Å². The second kappa shape index (κ2) is 5.72. The highest BCUT2D eigenvalue weighted by atomic mass is 16.1. The van der Waals surface area contributed by atoms with Crippen molar-refractivity contribution in [3.8, 4) is 0 Å². The molecule has 8 heteroatoms. The van der Waals surface area contributed by atoms with Gasteiger partial charge in [0.25, 0.3) is 5.56 Å². The molecule has 3 heterocycles. The monoisotopic (exact) mass is 341 g/mol. The van der Waals surface area contributed by atoms with E-state index in [1.54, 1.807) is 12.3 Å². The van der Waals surface area contributed by atoms with E-state index in [2.05, 4.69) is 19.9 Å². The molecule has 1 fully saturated rings. The van der Waals surface area contributed by atoms with Gasteiger partial charge in [-0.2, -0.15) is 4.98 Å². The Labute approximate surface area is 146 Å². The highest BCUT2D eigenvalue weighted by Gasteiger charge is 2.45. The Hall–Kier alpha value is -2.64. The molecule has 1 aliphatic carbocycles. The standard InChI is InChI=1S/C17H23N7O/c1-23(2)16-21-13-11(14(25)22-16)4-7-17(13)6-3-9-24(10-17)15-19-8-5-12(18)20-15/h5,8H,3-4,6-7,9-10H2,1-2H3,(H2,18,19,20)(H,21,22,25). The number of hydrogen-bond donors (Lipinski definition) is 2. The van der Waals surface area contributed by atoms with Gasteiger partial charge in [0.05, 0.1) is 5.69 Å². The Morgan fingerprint density at radius 2 is 2.16 bits per heavy atom. The summed E-state index contributed by atoms with van der Waals surface area (Å²) >= 11 is 0. The SMILES string of the molecule is CN(C)c1nc2c(c(=O)[nH]1)CCC21CCCN(c2nccc(N)n2)C1. The van der Waals surface area contributed by atoms with E-state index in [1.165, 1.54) is 0 Å². The van der Waals surface area contributed by atoms with Crippen LogP contribution in [-0.4, -0.2) is 47.1 Å².